The van der Waals surface area contributed by atoms with E-state index in [4.69, 9.17) is 4.74 Å². The standard InChI is InChI=1S/C10H21NO/c1-4-10(9(2)12-3)11-7-5-6-8-11/h9-10H,4-8H2,1-3H3. The van der Waals surface area contributed by atoms with E-state index in [1.807, 2.05) is 7.11 Å². The molecule has 12 heavy (non-hydrogen) atoms. The Labute approximate surface area is 75.9 Å². The Kier molecular flexibility index (Phi) is 4.02. The first kappa shape index (κ1) is 10.0. The summed E-state index contributed by atoms with van der Waals surface area (Å²) in [5.74, 6) is 0. The third-order valence-electron chi connectivity index (χ3n) is 2.94. The molecule has 0 saturated carbocycles. The SMILES string of the molecule is CCC(C(C)OC)N1CCCC1. The first-order valence-corrected chi connectivity index (χ1v) is 5.06. The zero-order valence-corrected chi connectivity index (χ0v) is 8.55. The summed E-state index contributed by atoms with van der Waals surface area (Å²) in [5.41, 5.74) is 0. The summed E-state index contributed by atoms with van der Waals surface area (Å²) in [6, 6.07) is 0.637. The van der Waals surface area contributed by atoms with Gasteiger partial charge in [0.05, 0.1) is 6.10 Å². The highest BCUT2D eigenvalue weighted by molar-refractivity contribution is 4.79. The van der Waals surface area contributed by atoms with Crippen LogP contribution in [-0.2, 0) is 4.74 Å². The third kappa shape index (κ3) is 2.20. The molecule has 2 heteroatoms. The van der Waals surface area contributed by atoms with Gasteiger partial charge in [0.1, 0.15) is 0 Å². The Hall–Kier alpha value is -0.0800. The molecule has 2 atom stereocenters. The maximum Gasteiger partial charge on any atom is 0.0698 e. The predicted octanol–water partition coefficient (Wildman–Crippen LogP) is 1.90. The van der Waals surface area contributed by atoms with E-state index in [2.05, 4.69) is 18.7 Å². The summed E-state index contributed by atoms with van der Waals surface area (Å²) in [5, 5.41) is 0. The van der Waals surface area contributed by atoms with Gasteiger partial charge in [-0.05, 0) is 39.3 Å². The molecule has 1 fully saturated rings. The second kappa shape index (κ2) is 4.83. The van der Waals surface area contributed by atoms with Gasteiger partial charge in [-0.3, -0.25) is 4.90 Å². The van der Waals surface area contributed by atoms with Crippen molar-refractivity contribution in [2.24, 2.45) is 0 Å². The lowest BCUT2D eigenvalue weighted by molar-refractivity contribution is 0.0333. The minimum Gasteiger partial charge on any atom is -0.380 e. The van der Waals surface area contributed by atoms with Crippen LogP contribution in [0.4, 0.5) is 0 Å². The van der Waals surface area contributed by atoms with Crippen molar-refractivity contribution in [3.05, 3.63) is 0 Å². The first-order valence-electron chi connectivity index (χ1n) is 5.06. The molecule has 0 aromatic carbocycles. The molecule has 1 aliphatic heterocycles. The van der Waals surface area contributed by atoms with E-state index in [-0.39, 0.29) is 0 Å². The zero-order valence-electron chi connectivity index (χ0n) is 8.55. The Morgan fingerprint density at radius 2 is 1.92 bits per heavy atom. The van der Waals surface area contributed by atoms with Gasteiger partial charge in [0, 0.05) is 13.2 Å². The van der Waals surface area contributed by atoms with Crippen molar-refractivity contribution in [1.82, 2.24) is 4.90 Å². The Morgan fingerprint density at radius 3 is 2.33 bits per heavy atom. The van der Waals surface area contributed by atoms with Crippen LogP contribution in [0.3, 0.4) is 0 Å². The molecule has 2 nitrogen and oxygen atoms in total. The number of rotatable bonds is 4. The number of hydrogen-bond acceptors (Lipinski definition) is 2. The fourth-order valence-electron chi connectivity index (χ4n) is 2.12. The van der Waals surface area contributed by atoms with E-state index in [1.54, 1.807) is 0 Å². The van der Waals surface area contributed by atoms with E-state index >= 15 is 0 Å². The van der Waals surface area contributed by atoms with Gasteiger partial charge in [-0.25, -0.2) is 0 Å². The largest absolute Gasteiger partial charge is 0.380 e. The number of ether oxygens (including phenoxy) is 1. The molecule has 72 valence electrons. The van der Waals surface area contributed by atoms with Crippen molar-refractivity contribution in [3.63, 3.8) is 0 Å². The maximum atomic E-state index is 5.37. The quantitative estimate of drug-likeness (QED) is 0.640. The zero-order chi connectivity index (χ0) is 8.97. The maximum absolute atomic E-state index is 5.37. The van der Waals surface area contributed by atoms with Crippen molar-refractivity contribution in [2.75, 3.05) is 20.2 Å². The topological polar surface area (TPSA) is 12.5 Å². The van der Waals surface area contributed by atoms with Crippen LogP contribution in [0, 0.1) is 0 Å². The Bertz CT molecular complexity index is 121. The van der Waals surface area contributed by atoms with Crippen LogP contribution >= 0.6 is 0 Å². The molecule has 0 N–H and O–H groups in total. The van der Waals surface area contributed by atoms with Gasteiger partial charge >= 0.3 is 0 Å². The monoisotopic (exact) mass is 171 g/mol. The first-order chi connectivity index (χ1) is 5.79. The average Bonchev–Trinajstić information content (AvgIpc) is 2.58. The van der Waals surface area contributed by atoms with E-state index < -0.39 is 0 Å². The number of likely N-dealkylation sites (tertiary alicyclic amines) is 1. The minimum atomic E-state index is 0.382. The molecule has 0 radical (unpaired) electrons. The highest BCUT2D eigenvalue weighted by Gasteiger charge is 2.24. The second-order valence-electron chi connectivity index (χ2n) is 3.66. The lowest BCUT2D eigenvalue weighted by Crippen LogP contribution is -2.41. The van der Waals surface area contributed by atoms with Crippen molar-refractivity contribution in [1.29, 1.82) is 0 Å². The van der Waals surface area contributed by atoms with Gasteiger partial charge in [0.15, 0.2) is 0 Å². The van der Waals surface area contributed by atoms with Crippen LogP contribution in [0.5, 0.6) is 0 Å². The molecular weight excluding hydrogens is 150 g/mol. The Morgan fingerprint density at radius 1 is 1.33 bits per heavy atom. The molecule has 1 saturated heterocycles. The highest BCUT2D eigenvalue weighted by atomic mass is 16.5. The summed E-state index contributed by atoms with van der Waals surface area (Å²) in [6.07, 6.45) is 4.32. The predicted molar refractivity (Wildman–Crippen MR) is 51.4 cm³/mol. The van der Waals surface area contributed by atoms with E-state index in [1.165, 1.54) is 32.4 Å². The van der Waals surface area contributed by atoms with Gasteiger partial charge in [0.2, 0.25) is 0 Å². The van der Waals surface area contributed by atoms with Crippen molar-refractivity contribution < 1.29 is 4.74 Å². The molecule has 1 aliphatic rings. The molecule has 0 bridgehead atoms. The molecule has 0 amide bonds. The van der Waals surface area contributed by atoms with Crippen molar-refractivity contribution in [2.45, 2.75) is 45.3 Å². The number of nitrogens with zero attached hydrogens (tertiary/aromatic N) is 1. The fraction of sp³-hybridized carbons (Fsp3) is 1.00. The highest BCUT2D eigenvalue weighted by Crippen LogP contribution is 2.17. The van der Waals surface area contributed by atoms with Crippen LogP contribution in [0.1, 0.15) is 33.1 Å². The minimum absolute atomic E-state index is 0.382. The fourth-order valence-corrected chi connectivity index (χ4v) is 2.12. The average molecular weight is 171 g/mol. The number of methoxy groups -OCH3 is 1. The number of hydrogen-bond donors (Lipinski definition) is 0. The van der Waals surface area contributed by atoms with Crippen molar-refractivity contribution in [3.8, 4) is 0 Å². The molecule has 0 aromatic rings. The molecule has 1 rings (SSSR count). The van der Waals surface area contributed by atoms with Gasteiger partial charge in [-0.1, -0.05) is 6.92 Å². The normalized spacial score (nSPS) is 24.2. The summed E-state index contributed by atoms with van der Waals surface area (Å²) < 4.78 is 5.37. The Balaban J connectivity index is 2.42. The summed E-state index contributed by atoms with van der Waals surface area (Å²) in [7, 11) is 1.81. The van der Waals surface area contributed by atoms with Crippen LogP contribution in [-0.4, -0.2) is 37.2 Å². The van der Waals surface area contributed by atoms with Crippen LogP contribution < -0.4 is 0 Å². The van der Waals surface area contributed by atoms with Gasteiger partial charge in [-0.15, -0.1) is 0 Å². The third-order valence-corrected chi connectivity index (χ3v) is 2.94. The van der Waals surface area contributed by atoms with Crippen LogP contribution in [0.15, 0.2) is 0 Å². The van der Waals surface area contributed by atoms with E-state index in [0.717, 1.165) is 0 Å². The van der Waals surface area contributed by atoms with Crippen LogP contribution in [0.2, 0.25) is 0 Å². The van der Waals surface area contributed by atoms with E-state index in [0.29, 0.717) is 12.1 Å². The van der Waals surface area contributed by atoms with Crippen molar-refractivity contribution >= 4 is 0 Å². The molecule has 0 aliphatic carbocycles. The molecule has 0 aromatic heterocycles. The molecular formula is C10H21NO. The van der Waals surface area contributed by atoms with Gasteiger partial charge in [0.25, 0.3) is 0 Å². The van der Waals surface area contributed by atoms with Crippen LogP contribution in [0.25, 0.3) is 0 Å². The lowest BCUT2D eigenvalue weighted by atomic mass is 10.1. The second-order valence-corrected chi connectivity index (χ2v) is 3.66. The summed E-state index contributed by atoms with van der Waals surface area (Å²) in [6.45, 7) is 6.96. The molecule has 1 heterocycles. The summed E-state index contributed by atoms with van der Waals surface area (Å²) >= 11 is 0. The molecule has 2 unspecified atom stereocenters. The van der Waals surface area contributed by atoms with Gasteiger partial charge < -0.3 is 4.74 Å². The lowest BCUT2D eigenvalue weighted by Gasteiger charge is -2.30. The molecule has 0 spiro atoms. The van der Waals surface area contributed by atoms with E-state index in [9.17, 15) is 0 Å². The van der Waals surface area contributed by atoms with Gasteiger partial charge in [-0.2, -0.15) is 0 Å². The summed E-state index contributed by atoms with van der Waals surface area (Å²) in [4.78, 5) is 2.56. The smallest absolute Gasteiger partial charge is 0.0698 e.